The number of carbonyl (C=O) groups is 3. The monoisotopic (exact) mass is 933 g/mol. The van der Waals surface area contributed by atoms with Gasteiger partial charge in [0.1, 0.15) is 13.2 Å². The Morgan fingerprint density at radius 2 is 0.500 bits per heavy atom. The highest BCUT2D eigenvalue weighted by molar-refractivity contribution is 5.71. The zero-order valence-electron chi connectivity index (χ0n) is 45.3. The van der Waals surface area contributed by atoms with E-state index in [0.717, 1.165) is 69.6 Å². The van der Waals surface area contributed by atoms with Gasteiger partial charge in [0.05, 0.1) is 0 Å². The van der Waals surface area contributed by atoms with Gasteiger partial charge >= 0.3 is 17.9 Å². The predicted molar refractivity (Wildman–Crippen MR) is 284 cm³/mol. The first kappa shape index (κ1) is 64.4. The SMILES string of the molecule is CCCCCCCCCCCCCCCCCCCCC(=O)O[C@H](COC(=O)CCCCCCCCCCCCCCCCCCCCC(C)C)COC(=O)CCCCCCCCC(C)C. The van der Waals surface area contributed by atoms with Crippen molar-refractivity contribution in [3.8, 4) is 0 Å². The van der Waals surface area contributed by atoms with Gasteiger partial charge in [-0.15, -0.1) is 0 Å². The quantitative estimate of drug-likeness (QED) is 0.0343. The molecule has 0 fully saturated rings. The first-order chi connectivity index (χ1) is 32.2. The van der Waals surface area contributed by atoms with Gasteiger partial charge in [-0.05, 0) is 31.1 Å². The number of ether oxygens (including phenoxy) is 3. The van der Waals surface area contributed by atoms with Crippen LogP contribution in [0.5, 0.6) is 0 Å². The highest BCUT2D eigenvalue weighted by Crippen LogP contribution is 2.18. The third-order valence-corrected chi connectivity index (χ3v) is 13.7. The molecule has 1 atom stereocenters. The number of hydrogen-bond donors (Lipinski definition) is 0. The molecule has 0 aliphatic rings. The summed E-state index contributed by atoms with van der Waals surface area (Å²) in [7, 11) is 0. The molecule has 0 radical (unpaired) electrons. The number of unbranched alkanes of at least 4 members (excludes halogenated alkanes) is 39. The lowest BCUT2D eigenvalue weighted by Crippen LogP contribution is -2.30. The summed E-state index contributed by atoms with van der Waals surface area (Å²) in [6.45, 7) is 11.4. The minimum atomic E-state index is -0.763. The molecule has 0 unspecified atom stereocenters. The van der Waals surface area contributed by atoms with Gasteiger partial charge in [0.15, 0.2) is 6.10 Å². The maximum absolute atomic E-state index is 12.8. The van der Waals surface area contributed by atoms with Gasteiger partial charge in [-0.25, -0.2) is 0 Å². The Labute approximate surface area is 412 Å². The van der Waals surface area contributed by atoms with Crippen LogP contribution in [0.4, 0.5) is 0 Å². The average Bonchev–Trinajstić information content (AvgIpc) is 3.29. The molecule has 0 amide bonds. The van der Waals surface area contributed by atoms with Gasteiger partial charge in [0.25, 0.3) is 0 Å². The topological polar surface area (TPSA) is 78.9 Å². The van der Waals surface area contributed by atoms with Gasteiger partial charge in [0.2, 0.25) is 0 Å². The Kier molecular flexibility index (Phi) is 51.5. The second-order valence-corrected chi connectivity index (χ2v) is 21.6. The number of esters is 3. The van der Waals surface area contributed by atoms with Crippen LogP contribution in [0.15, 0.2) is 0 Å². The van der Waals surface area contributed by atoms with Crippen LogP contribution < -0.4 is 0 Å². The first-order valence-corrected chi connectivity index (χ1v) is 29.7. The van der Waals surface area contributed by atoms with E-state index in [1.165, 1.54) is 225 Å². The molecule has 0 saturated carbocycles. The third kappa shape index (κ3) is 53.4. The number of rotatable bonds is 54. The second kappa shape index (κ2) is 52.8. The number of carbonyl (C=O) groups excluding carboxylic acids is 3. The summed E-state index contributed by atoms with van der Waals surface area (Å²) in [5.74, 6) is 0.779. The standard InChI is InChI=1S/C60H116O6/c1-6-7-8-9-10-11-12-13-14-15-19-23-26-29-32-35-42-47-52-60(63)66-57(54-65-59(62)51-46-41-37-36-39-44-49-56(4)5)53-64-58(61)50-45-40-34-31-28-25-22-20-17-16-18-21-24-27-30-33-38-43-48-55(2)3/h55-57H,6-54H2,1-5H3/t57-/m1/s1. The van der Waals surface area contributed by atoms with Gasteiger partial charge in [-0.3, -0.25) is 14.4 Å². The van der Waals surface area contributed by atoms with Crippen LogP contribution in [0.2, 0.25) is 0 Å². The molecular formula is C60H116O6. The zero-order chi connectivity index (χ0) is 48.2. The van der Waals surface area contributed by atoms with Crippen molar-refractivity contribution in [2.24, 2.45) is 11.8 Å². The maximum atomic E-state index is 12.8. The van der Waals surface area contributed by atoms with E-state index in [-0.39, 0.29) is 31.1 Å². The second-order valence-electron chi connectivity index (χ2n) is 21.6. The van der Waals surface area contributed by atoms with Crippen molar-refractivity contribution in [3.05, 3.63) is 0 Å². The lowest BCUT2D eigenvalue weighted by Gasteiger charge is -2.18. The van der Waals surface area contributed by atoms with Crippen molar-refractivity contribution < 1.29 is 28.6 Å². The lowest BCUT2D eigenvalue weighted by molar-refractivity contribution is -0.167. The van der Waals surface area contributed by atoms with E-state index in [1.807, 2.05) is 0 Å². The van der Waals surface area contributed by atoms with Crippen LogP contribution in [-0.2, 0) is 28.6 Å². The summed E-state index contributed by atoms with van der Waals surface area (Å²) < 4.78 is 16.9. The molecule has 0 aliphatic carbocycles. The molecule has 0 saturated heterocycles. The van der Waals surface area contributed by atoms with Gasteiger partial charge in [-0.1, -0.05) is 298 Å². The van der Waals surface area contributed by atoms with Crippen molar-refractivity contribution in [2.45, 2.75) is 343 Å². The van der Waals surface area contributed by atoms with Crippen molar-refractivity contribution in [3.63, 3.8) is 0 Å². The van der Waals surface area contributed by atoms with E-state index in [4.69, 9.17) is 14.2 Å². The molecule has 0 spiro atoms. The van der Waals surface area contributed by atoms with Crippen LogP contribution in [-0.4, -0.2) is 37.2 Å². The Bertz CT molecular complexity index is 1010. The van der Waals surface area contributed by atoms with E-state index in [2.05, 4.69) is 34.6 Å². The maximum Gasteiger partial charge on any atom is 0.306 e. The molecule has 392 valence electrons. The van der Waals surface area contributed by atoms with Gasteiger partial charge in [0, 0.05) is 19.3 Å². The summed E-state index contributed by atoms with van der Waals surface area (Å²) in [6, 6.07) is 0. The third-order valence-electron chi connectivity index (χ3n) is 13.7. The summed E-state index contributed by atoms with van der Waals surface area (Å²) in [5.41, 5.74) is 0. The fourth-order valence-corrected chi connectivity index (χ4v) is 9.23. The normalized spacial score (nSPS) is 12.0. The molecule has 0 aromatic carbocycles. The van der Waals surface area contributed by atoms with Crippen LogP contribution >= 0.6 is 0 Å². The predicted octanol–water partition coefficient (Wildman–Crippen LogP) is 19.7. The van der Waals surface area contributed by atoms with Gasteiger partial charge in [-0.2, -0.15) is 0 Å². The minimum absolute atomic E-state index is 0.0635. The minimum Gasteiger partial charge on any atom is -0.462 e. The van der Waals surface area contributed by atoms with E-state index >= 15 is 0 Å². The van der Waals surface area contributed by atoms with Gasteiger partial charge < -0.3 is 14.2 Å². The van der Waals surface area contributed by atoms with Crippen molar-refractivity contribution >= 4 is 17.9 Å². The molecule has 0 rings (SSSR count). The Morgan fingerprint density at radius 3 is 0.742 bits per heavy atom. The van der Waals surface area contributed by atoms with Crippen molar-refractivity contribution in [2.75, 3.05) is 13.2 Å². The van der Waals surface area contributed by atoms with E-state index in [9.17, 15) is 14.4 Å². The largest absolute Gasteiger partial charge is 0.462 e. The van der Waals surface area contributed by atoms with Crippen molar-refractivity contribution in [1.82, 2.24) is 0 Å². The summed E-state index contributed by atoms with van der Waals surface area (Å²) >= 11 is 0. The Hall–Kier alpha value is -1.59. The lowest BCUT2D eigenvalue weighted by atomic mass is 10.0. The smallest absolute Gasteiger partial charge is 0.306 e. The highest BCUT2D eigenvalue weighted by Gasteiger charge is 2.19. The van der Waals surface area contributed by atoms with E-state index < -0.39 is 6.10 Å². The molecule has 66 heavy (non-hydrogen) atoms. The summed E-state index contributed by atoms with van der Waals surface area (Å²) in [6.07, 6.45) is 56.9. The molecule has 0 aromatic rings. The molecular weight excluding hydrogens is 817 g/mol. The molecule has 0 bridgehead atoms. The molecule has 0 aliphatic heterocycles. The van der Waals surface area contributed by atoms with Crippen LogP contribution in [0, 0.1) is 11.8 Å². The molecule has 0 N–H and O–H groups in total. The Morgan fingerprint density at radius 1 is 0.288 bits per heavy atom. The van der Waals surface area contributed by atoms with Crippen LogP contribution in [0.25, 0.3) is 0 Å². The summed E-state index contributed by atoms with van der Waals surface area (Å²) in [5, 5.41) is 0. The molecule has 0 heterocycles. The van der Waals surface area contributed by atoms with Crippen LogP contribution in [0.3, 0.4) is 0 Å². The zero-order valence-corrected chi connectivity index (χ0v) is 45.3. The summed E-state index contributed by atoms with van der Waals surface area (Å²) in [4.78, 5) is 38.1. The van der Waals surface area contributed by atoms with Crippen molar-refractivity contribution in [1.29, 1.82) is 0 Å². The Balaban J connectivity index is 4.18. The molecule has 6 heteroatoms. The fraction of sp³-hybridized carbons (Fsp3) is 0.950. The van der Waals surface area contributed by atoms with E-state index in [0.29, 0.717) is 19.3 Å². The highest BCUT2D eigenvalue weighted by atomic mass is 16.6. The van der Waals surface area contributed by atoms with Crippen LogP contribution in [0.1, 0.15) is 336 Å². The fourth-order valence-electron chi connectivity index (χ4n) is 9.23. The molecule has 6 nitrogen and oxygen atoms in total. The molecule has 0 aromatic heterocycles. The number of hydrogen-bond acceptors (Lipinski definition) is 6. The average molecular weight is 934 g/mol. The first-order valence-electron chi connectivity index (χ1n) is 29.7. The van der Waals surface area contributed by atoms with E-state index in [1.54, 1.807) is 0 Å².